The third-order valence-corrected chi connectivity index (χ3v) is 2.29. The van der Waals surface area contributed by atoms with Gasteiger partial charge in [0.05, 0.1) is 12.8 Å². The topological polar surface area (TPSA) is 51.2 Å². The van der Waals surface area contributed by atoms with Gasteiger partial charge in [0.15, 0.2) is 0 Å². The van der Waals surface area contributed by atoms with Gasteiger partial charge in [0, 0.05) is 31.1 Å². The van der Waals surface area contributed by atoms with Gasteiger partial charge in [-0.15, -0.1) is 0 Å². The smallest absolute Gasteiger partial charge is 0.216 e. The van der Waals surface area contributed by atoms with Gasteiger partial charge in [0.1, 0.15) is 5.75 Å². The van der Waals surface area contributed by atoms with Crippen molar-refractivity contribution in [1.82, 2.24) is 10.3 Å². The number of nitrogens with zero attached hydrogens (tertiary/aromatic N) is 1. The van der Waals surface area contributed by atoms with Gasteiger partial charge >= 0.3 is 0 Å². The molecule has 0 bridgehead atoms. The number of pyridine rings is 1. The molecule has 0 aromatic carbocycles. The van der Waals surface area contributed by atoms with Crippen LogP contribution in [0.15, 0.2) is 18.5 Å². The summed E-state index contributed by atoms with van der Waals surface area (Å²) in [4.78, 5) is 14.7. The molecule has 1 aromatic rings. The molecule has 0 spiro atoms. The highest BCUT2D eigenvalue weighted by atomic mass is 16.5. The Labute approximate surface area is 82.3 Å². The van der Waals surface area contributed by atoms with Gasteiger partial charge in [-0.2, -0.15) is 0 Å². The molecule has 1 atom stereocenters. The number of aromatic nitrogens is 1. The summed E-state index contributed by atoms with van der Waals surface area (Å²) in [6, 6.07) is 1.94. The maximum absolute atomic E-state index is 10.7. The van der Waals surface area contributed by atoms with Crippen LogP contribution in [0.4, 0.5) is 0 Å². The maximum Gasteiger partial charge on any atom is 0.216 e. The fourth-order valence-corrected chi connectivity index (χ4v) is 1.56. The van der Waals surface area contributed by atoms with E-state index in [0.717, 1.165) is 11.3 Å². The molecule has 74 valence electrons. The highest BCUT2D eigenvalue weighted by Gasteiger charge is 2.23. The first-order valence-corrected chi connectivity index (χ1v) is 4.58. The van der Waals surface area contributed by atoms with Crippen LogP contribution in [0.5, 0.6) is 5.75 Å². The van der Waals surface area contributed by atoms with Gasteiger partial charge in [-0.05, 0) is 6.07 Å². The zero-order chi connectivity index (χ0) is 9.97. The van der Waals surface area contributed by atoms with Crippen LogP contribution in [0.25, 0.3) is 0 Å². The maximum atomic E-state index is 10.7. The van der Waals surface area contributed by atoms with Crippen LogP contribution >= 0.6 is 0 Å². The molecule has 2 rings (SSSR count). The molecular weight excluding hydrogens is 180 g/mol. The van der Waals surface area contributed by atoms with E-state index in [-0.39, 0.29) is 11.8 Å². The van der Waals surface area contributed by atoms with Gasteiger partial charge in [-0.25, -0.2) is 0 Å². The number of ether oxygens (including phenoxy) is 1. The first-order valence-electron chi connectivity index (χ1n) is 4.58. The summed E-state index contributed by atoms with van der Waals surface area (Å²) in [6.07, 6.45) is 3.46. The van der Waals surface area contributed by atoms with E-state index in [1.807, 2.05) is 6.07 Å². The van der Waals surface area contributed by atoms with E-state index in [9.17, 15) is 4.79 Å². The molecule has 1 aliphatic heterocycles. The van der Waals surface area contributed by atoms with E-state index >= 15 is 0 Å². The Morgan fingerprint density at radius 2 is 2.64 bits per heavy atom. The van der Waals surface area contributed by atoms with Crippen molar-refractivity contribution in [3.8, 4) is 5.75 Å². The zero-order valence-electron chi connectivity index (χ0n) is 7.99. The standard InChI is InChI=1S/C10H12N2O2/c1-7(13)12-4-8-6-14-10-5-11-3-2-9(8)10/h2-3,5,8H,4,6H2,1H3,(H,12,13)/t8-/m1/s1. The second-order valence-electron chi connectivity index (χ2n) is 3.36. The minimum absolute atomic E-state index is 0.00694. The van der Waals surface area contributed by atoms with E-state index in [4.69, 9.17) is 4.74 Å². The van der Waals surface area contributed by atoms with Crippen LogP contribution < -0.4 is 10.1 Å². The van der Waals surface area contributed by atoms with Crippen LogP contribution in [-0.2, 0) is 4.79 Å². The lowest BCUT2D eigenvalue weighted by Gasteiger charge is -2.08. The Balaban J connectivity index is 2.07. The minimum Gasteiger partial charge on any atom is -0.491 e. The number of carbonyl (C=O) groups is 1. The monoisotopic (exact) mass is 192 g/mol. The average molecular weight is 192 g/mol. The number of amides is 1. The molecule has 0 fully saturated rings. The zero-order valence-corrected chi connectivity index (χ0v) is 7.99. The number of carbonyl (C=O) groups excluding carboxylic acids is 1. The molecule has 0 aliphatic carbocycles. The summed E-state index contributed by atoms with van der Waals surface area (Å²) in [5, 5.41) is 2.79. The van der Waals surface area contributed by atoms with Gasteiger partial charge in [0.2, 0.25) is 5.91 Å². The predicted molar refractivity (Wildman–Crippen MR) is 51.2 cm³/mol. The van der Waals surface area contributed by atoms with Gasteiger partial charge < -0.3 is 10.1 Å². The molecule has 1 aliphatic rings. The lowest BCUT2D eigenvalue weighted by atomic mass is 10.0. The molecule has 4 nitrogen and oxygen atoms in total. The summed E-state index contributed by atoms with van der Waals surface area (Å²) in [7, 11) is 0. The molecule has 1 N–H and O–H groups in total. The highest BCUT2D eigenvalue weighted by Crippen LogP contribution is 2.31. The fraction of sp³-hybridized carbons (Fsp3) is 0.400. The molecule has 2 heterocycles. The van der Waals surface area contributed by atoms with Crippen molar-refractivity contribution in [3.05, 3.63) is 24.0 Å². The van der Waals surface area contributed by atoms with Gasteiger partial charge in [-0.1, -0.05) is 0 Å². The fourth-order valence-electron chi connectivity index (χ4n) is 1.56. The lowest BCUT2D eigenvalue weighted by Crippen LogP contribution is -2.26. The second kappa shape index (κ2) is 3.65. The molecule has 0 saturated carbocycles. The number of hydrogen-bond acceptors (Lipinski definition) is 3. The molecular formula is C10H12N2O2. The molecule has 14 heavy (non-hydrogen) atoms. The number of hydrogen-bond donors (Lipinski definition) is 1. The van der Waals surface area contributed by atoms with Crippen molar-refractivity contribution in [1.29, 1.82) is 0 Å². The Bertz CT molecular complexity index is 352. The third-order valence-electron chi connectivity index (χ3n) is 2.29. The van der Waals surface area contributed by atoms with Crippen LogP contribution in [0.2, 0.25) is 0 Å². The van der Waals surface area contributed by atoms with Crippen LogP contribution in [0.3, 0.4) is 0 Å². The van der Waals surface area contributed by atoms with Gasteiger partial charge in [-0.3, -0.25) is 9.78 Å². The lowest BCUT2D eigenvalue weighted by molar-refractivity contribution is -0.119. The Kier molecular flexibility index (Phi) is 2.35. The van der Waals surface area contributed by atoms with Crippen molar-refractivity contribution in [2.24, 2.45) is 0 Å². The summed E-state index contributed by atoms with van der Waals surface area (Å²) >= 11 is 0. The number of fused-ring (bicyclic) bond motifs is 1. The van der Waals surface area contributed by atoms with Crippen molar-refractivity contribution in [3.63, 3.8) is 0 Å². The Morgan fingerprint density at radius 1 is 1.79 bits per heavy atom. The van der Waals surface area contributed by atoms with E-state index < -0.39 is 0 Å². The highest BCUT2D eigenvalue weighted by molar-refractivity contribution is 5.72. The summed E-state index contributed by atoms with van der Waals surface area (Å²) in [5.74, 6) is 1.09. The SMILES string of the molecule is CC(=O)NC[C@@H]1COc2cnccc21. The largest absolute Gasteiger partial charge is 0.491 e. The summed E-state index contributed by atoms with van der Waals surface area (Å²) in [5.41, 5.74) is 1.13. The second-order valence-corrected chi connectivity index (χ2v) is 3.36. The Hall–Kier alpha value is -1.58. The van der Waals surface area contributed by atoms with E-state index in [1.165, 1.54) is 6.92 Å². The van der Waals surface area contributed by atoms with Crippen LogP contribution in [0, 0.1) is 0 Å². The third kappa shape index (κ3) is 1.69. The van der Waals surface area contributed by atoms with Crippen molar-refractivity contribution in [2.75, 3.05) is 13.2 Å². The molecule has 0 unspecified atom stereocenters. The van der Waals surface area contributed by atoms with E-state index in [0.29, 0.717) is 13.2 Å². The Morgan fingerprint density at radius 3 is 3.43 bits per heavy atom. The van der Waals surface area contributed by atoms with Crippen molar-refractivity contribution >= 4 is 5.91 Å². The summed E-state index contributed by atoms with van der Waals surface area (Å²) < 4.78 is 5.43. The first kappa shape index (κ1) is 8.99. The molecule has 0 radical (unpaired) electrons. The number of nitrogens with one attached hydrogen (secondary N) is 1. The predicted octanol–water partition coefficient (Wildman–Crippen LogP) is 0.694. The molecule has 1 amide bonds. The summed E-state index contributed by atoms with van der Waals surface area (Å²) in [6.45, 7) is 2.77. The average Bonchev–Trinajstić information content (AvgIpc) is 2.58. The minimum atomic E-state index is -0.00694. The van der Waals surface area contributed by atoms with Crippen molar-refractivity contribution < 1.29 is 9.53 Å². The first-order chi connectivity index (χ1) is 6.77. The molecule has 0 saturated heterocycles. The normalized spacial score (nSPS) is 18.5. The van der Waals surface area contributed by atoms with E-state index in [1.54, 1.807) is 12.4 Å². The van der Waals surface area contributed by atoms with Crippen LogP contribution in [0.1, 0.15) is 18.4 Å². The molecule has 1 aromatic heterocycles. The molecule has 4 heteroatoms. The van der Waals surface area contributed by atoms with Crippen LogP contribution in [-0.4, -0.2) is 24.0 Å². The van der Waals surface area contributed by atoms with E-state index in [2.05, 4.69) is 10.3 Å². The number of rotatable bonds is 2. The van der Waals surface area contributed by atoms with Crippen molar-refractivity contribution in [2.45, 2.75) is 12.8 Å². The van der Waals surface area contributed by atoms with Gasteiger partial charge in [0.25, 0.3) is 0 Å². The quantitative estimate of drug-likeness (QED) is 0.750.